The Morgan fingerprint density at radius 1 is 1.14 bits per heavy atom. The monoisotopic (exact) mass is 419 g/mol. The molecule has 1 N–H and O–H groups in total. The van der Waals surface area contributed by atoms with Crippen LogP contribution < -0.4 is 0 Å². The number of nitrogens with zero attached hydrogens (tertiary/aromatic N) is 1. The predicted molar refractivity (Wildman–Crippen MR) is 106 cm³/mol. The minimum absolute atomic E-state index is 0.0177. The molecule has 3 aromatic rings. The molecule has 0 bridgehead atoms. The number of halogens is 1. The van der Waals surface area contributed by atoms with Gasteiger partial charge in [0.1, 0.15) is 11.4 Å². The molecule has 0 unspecified atom stereocenters. The Morgan fingerprint density at radius 2 is 1.83 bits per heavy atom. The Morgan fingerprint density at radius 3 is 2.45 bits per heavy atom. The lowest BCUT2D eigenvalue weighted by atomic mass is 10.0. The fourth-order valence-electron chi connectivity index (χ4n) is 3.14. The van der Waals surface area contributed by atoms with Gasteiger partial charge >= 0.3 is 6.09 Å². The average Bonchev–Trinajstić information content (AvgIpc) is 3.03. The first kappa shape index (κ1) is 20.9. The van der Waals surface area contributed by atoms with Gasteiger partial charge in [-0.1, -0.05) is 6.07 Å². The number of carboxylic acid groups (broad SMARTS) is 1. The molecule has 1 heterocycles. The van der Waals surface area contributed by atoms with Crippen molar-refractivity contribution in [3.63, 3.8) is 0 Å². The van der Waals surface area contributed by atoms with E-state index >= 15 is 0 Å². The molecule has 3 rings (SSSR count). The molecule has 154 valence electrons. The van der Waals surface area contributed by atoms with E-state index in [1.54, 1.807) is 26.8 Å². The van der Waals surface area contributed by atoms with Gasteiger partial charge < -0.3 is 14.4 Å². The molecule has 0 atom stereocenters. The van der Waals surface area contributed by atoms with E-state index in [1.165, 1.54) is 41.5 Å². The van der Waals surface area contributed by atoms with Crippen LogP contribution in [0.15, 0.2) is 62.9 Å². The summed E-state index contributed by atoms with van der Waals surface area (Å²) in [5.41, 5.74) is 0.625. The number of amides is 1. The average molecular weight is 419 g/mol. The Hall–Kier alpha value is -2.87. The molecular weight excluding hydrogens is 397 g/mol. The Balaban J connectivity index is 1.96. The second-order valence-electron chi connectivity index (χ2n) is 7.73. The number of benzene rings is 2. The maximum absolute atomic E-state index is 13.5. The van der Waals surface area contributed by atoms with Gasteiger partial charge in [0.2, 0.25) is 9.84 Å². The van der Waals surface area contributed by atoms with Crippen molar-refractivity contribution in [2.75, 3.05) is 6.54 Å². The largest absolute Gasteiger partial charge is 0.465 e. The van der Waals surface area contributed by atoms with E-state index in [2.05, 4.69) is 0 Å². The van der Waals surface area contributed by atoms with Crippen molar-refractivity contribution in [3.8, 4) is 0 Å². The third kappa shape index (κ3) is 4.27. The molecule has 0 fully saturated rings. The van der Waals surface area contributed by atoms with Crippen molar-refractivity contribution in [3.05, 3.63) is 60.1 Å². The van der Waals surface area contributed by atoms with Crippen LogP contribution in [0.1, 0.15) is 26.3 Å². The second-order valence-corrected chi connectivity index (χ2v) is 9.68. The number of sulfone groups is 1. The molecule has 6 nitrogen and oxygen atoms in total. The van der Waals surface area contributed by atoms with E-state index in [1.807, 2.05) is 0 Å². The summed E-state index contributed by atoms with van der Waals surface area (Å²) in [6.07, 6.45) is 0.839. The minimum atomic E-state index is -3.90. The smallest absolute Gasteiger partial charge is 0.407 e. The number of rotatable bonds is 5. The van der Waals surface area contributed by atoms with Crippen LogP contribution in [0.4, 0.5) is 9.18 Å². The fourth-order valence-corrected chi connectivity index (χ4v) is 4.46. The van der Waals surface area contributed by atoms with E-state index in [0.717, 1.165) is 6.07 Å². The highest BCUT2D eigenvalue weighted by molar-refractivity contribution is 7.91. The van der Waals surface area contributed by atoms with E-state index in [-0.39, 0.29) is 16.3 Å². The number of hydrogen-bond acceptors (Lipinski definition) is 4. The molecule has 1 aromatic heterocycles. The fraction of sp³-hybridized carbons (Fsp3) is 0.286. The van der Waals surface area contributed by atoms with Crippen LogP contribution in [0, 0.1) is 5.82 Å². The lowest BCUT2D eigenvalue weighted by Gasteiger charge is -2.33. The molecule has 0 saturated carbocycles. The first-order valence-electron chi connectivity index (χ1n) is 9.01. The predicted octanol–water partition coefficient (Wildman–Crippen LogP) is 4.73. The van der Waals surface area contributed by atoms with E-state index in [0.29, 0.717) is 23.0 Å². The van der Waals surface area contributed by atoms with Crippen LogP contribution in [0.3, 0.4) is 0 Å². The SMILES string of the molecule is CC(C)(C)N(CCc1coc2ccc(S(=O)(=O)c3cccc(F)c3)cc12)C(=O)O. The molecular formula is C21H22FNO5S. The van der Waals surface area contributed by atoms with Gasteiger partial charge in [0.25, 0.3) is 0 Å². The van der Waals surface area contributed by atoms with E-state index < -0.39 is 27.3 Å². The molecule has 1 amide bonds. The van der Waals surface area contributed by atoms with Gasteiger partial charge in [-0.05, 0) is 69.2 Å². The van der Waals surface area contributed by atoms with Crippen molar-refractivity contribution in [2.45, 2.75) is 42.5 Å². The molecule has 29 heavy (non-hydrogen) atoms. The molecule has 0 saturated heterocycles. The summed E-state index contributed by atoms with van der Waals surface area (Å²) in [5.74, 6) is -0.632. The molecule has 0 radical (unpaired) electrons. The Kier molecular flexibility index (Phi) is 5.40. The zero-order valence-electron chi connectivity index (χ0n) is 16.3. The standard InChI is InChI=1S/C21H22FNO5S/c1-21(2,3)23(20(24)25)10-9-14-13-28-19-8-7-17(12-18(14)19)29(26,27)16-6-4-5-15(22)11-16/h4-8,11-13H,9-10H2,1-3H3,(H,24,25). The number of carbonyl (C=O) groups is 1. The highest BCUT2D eigenvalue weighted by Crippen LogP contribution is 2.29. The molecule has 0 aliphatic rings. The molecule has 0 spiro atoms. The van der Waals surface area contributed by atoms with Crippen molar-refractivity contribution in [2.24, 2.45) is 0 Å². The van der Waals surface area contributed by atoms with Crippen LogP contribution >= 0.6 is 0 Å². The highest BCUT2D eigenvalue weighted by Gasteiger charge is 2.26. The first-order valence-corrected chi connectivity index (χ1v) is 10.5. The number of fused-ring (bicyclic) bond motifs is 1. The Bertz CT molecular complexity index is 1160. The van der Waals surface area contributed by atoms with E-state index in [9.17, 15) is 22.7 Å². The summed E-state index contributed by atoms with van der Waals surface area (Å²) in [6, 6.07) is 9.28. The van der Waals surface area contributed by atoms with Crippen LogP contribution in [0.2, 0.25) is 0 Å². The summed E-state index contributed by atoms with van der Waals surface area (Å²) in [5, 5.41) is 10.0. The van der Waals surface area contributed by atoms with Crippen molar-refractivity contribution >= 4 is 26.9 Å². The Labute approximate surface area is 168 Å². The van der Waals surface area contributed by atoms with Gasteiger partial charge in [0, 0.05) is 17.5 Å². The molecule has 0 aliphatic carbocycles. The normalized spacial score (nSPS) is 12.3. The van der Waals surface area contributed by atoms with Crippen LogP contribution in [-0.2, 0) is 16.3 Å². The summed E-state index contributed by atoms with van der Waals surface area (Å²) < 4.78 is 44.7. The number of furan rings is 1. The zero-order chi connectivity index (χ0) is 21.4. The van der Waals surface area contributed by atoms with Gasteiger partial charge in [-0.3, -0.25) is 0 Å². The lowest BCUT2D eigenvalue weighted by molar-refractivity contribution is 0.101. The van der Waals surface area contributed by atoms with Gasteiger partial charge in [-0.15, -0.1) is 0 Å². The van der Waals surface area contributed by atoms with Crippen molar-refractivity contribution in [1.82, 2.24) is 4.90 Å². The van der Waals surface area contributed by atoms with Gasteiger partial charge in [-0.2, -0.15) is 0 Å². The summed E-state index contributed by atoms with van der Waals surface area (Å²) in [4.78, 5) is 12.7. The van der Waals surface area contributed by atoms with Gasteiger partial charge in [-0.25, -0.2) is 17.6 Å². The zero-order valence-corrected chi connectivity index (χ0v) is 17.2. The number of hydrogen-bond donors (Lipinski definition) is 1. The first-order chi connectivity index (χ1) is 13.5. The van der Waals surface area contributed by atoms with Gasteiger partial charge in [0.05, 0.1) is 16.1 Å². The van der Waals surface area contributed by atoms with Crippen molar-refractivity contribution < 1.29 is 27.1 Å². The summed E-state index contributed by atoms with van der Waals surface area (Å²) >= 11 is 0. The lowest BCUT2D eigenvalue weighted by Crippen LogP contribution is -2.45. The van der Waals surface area contributed by atoms with E-state index in [4.69, 9.17) is 4.42 Å². The van der Waals surface area contributed by atoms with Crippen molar-refractivity contribution in [1.29, 1.82) is 0 Å². The molecule has 8 heteroatoms. The maximum Gasteiger partial charge on any atom is 0.407 e. The molecule has 2 aromatic carbocycles. The van der Waals surface area contributed by atoms with Crippen LogP contribution in [0.5, 0.6) is 0 Å². The third-order valence-corrected chi connectivity index (χ3v) is 6.44. The minimum Gasteiger partial charge on any atom is -0.465 e. The maximum atomic E-state index is 13.5. The quantitative estimate of drug-likeness (QED) is 0.646. The molecule has 0 aliphatic heterocycles. The highest BCUT2D eigenvalue weighted by atomic mass is 32.2. The summed E-state index contributed by atoms with van der Waals surface area (Å²) in [7, 11) is -3.90. The second kappa shape index (κ2) is 7.51. The third-order valence-electron chi connectivity index (χ3n) is 4.69. The van der Waals surface area contributed by atoms with Crippen LogP contribution in [-0.4, -0.2) is 36.6 Å². The van der Waals surface area contributed by atoms with Gasteiger partial charge in [0.15, 0.2) is 0 Å². The summed E-state index contributed by atoms with van der Waals surface area (Å²) in [6.45, 7) is 5.64. The topological polar surface area (TPSA) is 87.8 Å². The van der Waals surface area contributed by atoms with Crippen LogP contribution in [0.25, 0.3) is 11.0 Å².